The maximum Gasteiger partial charge on any atom is 0.174 e. The predicted molar refractivity (Wildman–Crippen MR) is 117 cm³/mol. The van der Waals surface area contributed by atoms with Gasteiger partial charge in [-0.25, -0.2) is 0 Å². The molecule has 4 aliphatic rings. The highest BCUT2D eigenvalue weighted by Gasteiger charge is 2.72. The van der Waals surface area contributed by atoms with E-state index in [1.165, 1.54) is 0 Å². The van der Waals surface area contributed by atoms with Gasteiger partial charge in [-0.2, -0.15) is 0 Å². The smallest absolute Gasteiger partial charge is 0.174 e. The highest BCUT2D eigenvalue weighted by atomic mass is 79.9. The van der Waals surface area contributed by atoms with Crippen molar-refractivity contribution in [3.63, 3.8) is 0 Å². The van der Waals surface area contributed by atoms with Crippen LogP contribution in [0.3, 0.4) is 0 Å². The largest absolute Gasteiger partial charge is 0.504 e. The Balaban J connectivity index is 0.000000531. The molecule has 4 atom stereocenters. The first-order valence-electron chi connectivity index (χ1n) is 9.40. The van der Waals surface area contributed by atoms with Crippen LogP contribution in [-0.4, -0.2) is 63.4 Å². The molecular formula is C21H27Br2NO4. The van der Waals surface area contributed by atoms with E-state index in [9.17, 15) is 15.0 Å². The zero-order valence-electron chi connectivity index (χ0n) is 16.3. The number of phenolic OH excluding ortho intramolecular Hbond substituents is 1. The van der Waals surface area contributed by atoms with Gasteiger partial charge in [0.25, 0.3) is 0 Å². The molecule has 7 heteroatoms. The minimum Gasteiger partial charge on any atom is -0.504 e. The number of carbonyl (C=O) groups is 1. The molecule has 5 rings (SSSR count). The number of piperidine rings is 1. The lowest BCUT2D eigenvalue weighted by molar-refractivity contribution is -0.187. The minimum absolute atomic E-state index is 0.0408. The topological polar surface area (TPSA) is 70.0 Å². The molecule has 1 spiro atoms. The second-order valence-electron chi connectivity index (χ2n) is 7.56. The summed E-state index contributed by atoms with van der Waals surface area (Å²) >= 11 is 5.88. The predicted octanol–water partition coefficient (Wildman–Crippen LogP) is 3.32. The van der Waals surface area contributed by atoms with Gasteiger partial charge in [-0.05, 0) is 42.6 Å². The third-order valence-electron chi connectivity index (χ3n) is 6.73. The lowest BCUT2D eigenvalue weighted by Crippen LogP contribution is -2.76. The summed E-state index contributed by atoms with van der Waals surface area (Å²) in [6, 6.07) is 3.52. The van der Waals surface area contributed by atoms with Gasteiger partial charge in [0.15, 0.2) is 23.4 Å². The van der Waals surface area contributed by atoms with Crippen LogP contribution >= 0.6 is 31.9 Å². The van der Waals surface area contributed by atoms with Gasteiger partial charge in [-0.1, -0.05) is 44.0 Å². The van der Waals surface area contributed by atoms with Crippen LogP contribution in [0.1, 0.15) is 30.4 Å². The van der Waals surface area contributed by atoms with Crippen molar-refractivity contribution in [3.05, 3.63) is 35.9 Å². The molecule has 2 fully saturated rings. The summed E-state index contributed by atoms with van der Waals surface area (Å²) in [6.45, 7) is 5.36. The van der Waals surface area contributed by atoms with Crippen molar-refractivity contribution in [1.82, 2.24) is 4.90 Å². The first-order valence-corrected chi connectivity index (χ1v) is 12.6. The fraction of sp³-hybridized carbons (Fsp3) is 0.571. The normalized spacial score (nSPS) is 34.1. The van der Waals surface area contributed by atoms with Gasteiger partial charge in [-0.3, -0.25) is 9.69 Å². The molecule has 1 aromatic carbocycles. The number of aromatic hydroxyl groups is 1. The number of phenols is 1. The van der Waals surface area contributed by atoms with Crippen molar-refractivity contribution in [1.29, 1.82) is 0 Å². The Hall–Kier alpha value is -0.890. The summed E-state index contributed by atoms with van der Waals surface area (Å²) in [6.07, 6.45) is 3.35. The number of benzene rings is 1. The number of likely N-dealkylation sites (tertiary alicyclic amines) is 1. The fourth-order valence-electron chi connectivity index (χ4n) is 5.80. The Labute approximate surface area is 183 Å². The van der Waals surface area contributed by atoms with Crippen LogP contribution in [-0.2, 0) is 16.6 Å². The Morgan fingerprint density at radius 2 is 2.04 bits per heavy atom. The SMILES string of the molecule is C=CCN1CC[C@]23c4c5ccc(O)c4O[C@H]2C(=O)CC[C@@]3(O)[C@H]1C5.CBr.CBr. The third kappa shape index (κ3) is 2.66. The molecule has 1 saturated carbocycles. The maximum absolute atomic E-state index is 12.6. The average Bonchev–Trinajstić information content (AvgIpc) is 3.08. The van der Waals surface area contributed by atoms with Crippen molar-refractivity contribution >= 4 is 37.6 Å². The molecule has 1 saturated heterocycles. The van der Waals surface area contributed by atoms with E-state index in [4.69, 9.17) is 4.74 Å². The van der Waals surface area contributed by atoms with Crippen molar-refractivity contribution in [2.45, 2.75) is 48.8 Å². The van der Waals surface area contributed by atoms with Gasteiger partial charge in [0.1, 0.15) is 0 Å². The van der Waals surface area contributed by atoms with E-state index in [0.717, 1.165) is 24.2 Å². The molecule has 2 N–H and O–H groups in total. The Kier molecular flexibility index (Phi) is 6.30. The number of Topliss-reactive ketones (excluding diaryl/α,β-unsaturated/α-hetero) is 1. The molecule has 0 aromatic heterocycles. The van der Waals surface area contributed by atoms with E-state index in [2.05, 4.69) is 43.3 Å². The third-order valence-corrected chi connectivity index (χ3v) is 6.73. The van der Waals surface area contributed by atoms with Gasteiger partial charge in [0.05, 0.1) is 11.0 Å². The van der Waals surface area contributed by atoms with Crippen LogP contribution in [0.15, 0.2) is 24.8 Å². The summed E-state index contributed by atoms with van der Waals surface area (Å²) in [5.41, 5.74) is 0.256. The lowest BCUT2D eigenvalue weighted by Gasteiger charge is -2.62. The Morgan fingerprint density at radius 1 is 1.32 bits per heavy atom. The zero-order valence-corrected chi connectivity index (χ0v) is 19.4. The monoisotopic (exact) mass is 515 g/mol. The quantitative estimate of drug-likeness (QED) is 0.466. The number of halogens is 2. The number of carbonyl (C=O) groups excluding carboxylic acids is 1. The molecule has 2 aliphatic heterocycles. The summed E-state index contributed by atoms with van der Waals surface area (Å²) in [7, 11) is 0. The van der Waals surface area contributed by atoms with Gasteiger partial charge >= 0.3 is 0 Å². The number of ketones is 1. The summed E-state index contributed by atoms with van der Waals surface area (Å²) in [5, 5.41) is 22.1. The number of rotatable bonds is 2. The molecule has 5 nitrogen and oxygen atoms in total. The molecule has 0 amide bonds. The van der Waals surface area contributed by atoms with Gasteiger partial charge < -0.3 is 14.9 Å². The summed E-state index contributed by atoms with van der Waals surface area (Å²) in [4.78, 5) is 14.9. The first kappa shape index (κ1) is 21.8. The van der Waals surface area contributed by atoms with Crippen molar-refractivity contribution in [2.75, 3.05) is 24.8 Å². The molecule has 2 aliphatic carbocycles. The highest BCUT2D eigenvalue weighted by Crippen LogP contribution is 2.64. The van der Waals surface area contributed by atoms with E-state index < -0.39 is 17.1 Å². The van der Waals surface area contributed by atoms with Gasteiger partial charge in [-0.15, -0.1) is 6.58 Å². The van der Waals surface area contributed by atoms with E-state index in [-0.39, 0.29) is 17.6 Å². The summed E-state index contributed by atoms with van der Waals surface area (Å²) < 4.78 is 5.98. The van der Waals surface area contributed by atoms with E-state index >= 15 is 0 Å². The number of aliphatic hydroxyl groups is 1. The molecule has 1 aromatic rings. The van der Waals surface area contributed by atoms with E-state index in [0.29, 0.717) is 31.4 Å². The van der Waals surface area contributed by atoms with Gasteiger partial charge in [0.2, 0.25) is 0 Å². The van der Waals surface area contributed by atoms with Crippen molar-refractivity contribution < 1.29 is 19.7 Å². The minimum atomic E-state index is -1.00. The lowest BCUT2D eigenvalue weighted by atomic mass is 9.49. The van der Waals surface area contributed by atoms with Crippen LogP contribution in [0.2, 0.25) is 0 Å². The van der Waals surface area contributed by atoms with E-state index in [1.807, 2.05) is 23.8 Å². The second kappa shape index (κ2) is 8.09. The molecule has 2 bridgehead atoms. The molecular weight excluding hydrogens is 490 g/mol. The standard InChI is InChI=1S/C19H21NO4.2CH3Br/c1-2-8-20-9-7-18-15-11-3-4-12(21)16(15)24-17(18)13(22)5-6-19(18,23)14(20)10-11;2*1-2/h2-4,14,17,21,23H,1,5-10H2;2*1H3/t14-,17+,18+,19-;;/m1../s1. The van der Waals surface area contributed by atoms with Crippen LogP contribution in [0.5, 0.6) is 11.5 Å². The maximum atomic E-state index is 12.6. The fourth-order valence-corrected chi connectivity index (χ4v) is 5.80. The van der Waals surface area contributed by atoms with Crippen LogP contribution in [0, 0.1) is 0 Å². The van der Waals surface area contributed by atoms with Crippen LogP contribution < -0.4 is 4.74 Å². The Morgan fingerprint density at radius 3 is 2.71 bits per heavy atom. The molecule has 0 radical (unpaired) electrons. The second-order valence-corrected chi connectivity index (χ2v) is 7.56. The van der Waals surface area contributed by atoms with Crippen molar-refractivity contribution in [2.24, 2.45) is 0 Å². The number of hydrogen-bond acceptors (Lipinski definition) is 5. The van der Waals surface area contributed by atoms with E-state index in [1.54, 1.807) is 6.07 Å². The molecule has 2 heterocycles. The zero-order chi connectivity index (χ0) is 20.7. The first-order chi connectivity index (χ1) is 13.5. The average molecular weight is 517 g/mol. The highest BCUT2D eigenvalue weighted by molar-refractivity contribution is 9.09. The molecule has 154 valence electrons. The summed E-state index contributed by atoms with van der Waals surface area (Å²) in [5.74, 6) is 4.15. The number of nitrogens with zero attached hydrogens (tertiary/aromatic N) is 1. The Bertz CT molecular complexity index is 786. The number of alkyl halides is 2. The van der Waals surface area contributed by atoms with Crippen molar-refractivity contribution in [3.8, 4) is 11.5 Å². The van der Waals surface area contributed by atoms with Crippen LogP contribution in [0.25, 0.3) is 0 Å². The number of ether oxygens (including phenoxy) is 1. The number of hydrogen-bond donors (Lipinski definition) is 2. The van der Waals surface area contributed by atoms with Crippen LogP contribution in [0.4, 0.5) is 0 Å². The molecule has 28 heavy (non-hydrogen) atoms. The molecule has 0 unspecified atom stereocenters. The van der Waals surface area contributed by atoms with Gasteiger partial charge in [0, 0.05) is 31.1 Å².